The zero-order valence-electron chi connectivity index (χ0n) is 36.9. The first-order chi connectivity index (χ1) is 29.8. The van der Waals surface area contributed by atoms with E-state index in [9.17, 15) is 38.5 Å². The summed E-state index contributed by atoms with van der Waals surface area (Å²) in [6.07, 6.45) is 23.9. The highest BCUT2D eigenvalue weighted by atomic mass is 35.5. The van der Waals surface area contributed by atoms with Crippen molar-refractivity contribution in [3.63, 3.8) is 0 Å². The van der Waals surface area contributed by atoms with Crippen molar-refractivity contribution in [3.8, 4) is 5.75 Å². The minimum atomic E-state index is -4.97. The van der Waals surface area contributed by atoms with Crippen LogP contribution in [0.5, 0.6) is 5.75 Å². The molecule has 2 atom stereocenters. The van der Waals surface area contributed by atoms with Crippen molar-refractivity contribution < 1.29 is 56.7 Å². The lowest BCUT2D eigenvalue weighted by Gasteiger charge is -2.25. The third-order valence-electron chi connectivity index (χ3n) is 10.2. The molecule has 2 unspecified atom stereocenters. The highest BCUT2D eigenvalue weighted by Crippen LogP contribution is 2.38. The number of halogens is 1. The fourth-order valence-electron chi connectivity index (χ4n) is 6.64. The van der Waals surface area contributed by atoms with Gasteiger partial charge < -0.3 is 43.6 Å². The second-order valence-corrected chi connectivity index (χ2v) is 17.6. The summed E-state index contributed by atoms with van der Waals surface area (Å²) in [5.74, 6) is -3.26. The standard InChI is InChI=1S/C45H72ClN2O13P/c1-3-5-7-9-11-13-15-17-19-21-23-25-42(51)57-33-36(60-43(52)26-24-22-20-18-16-14-12-10-8-6-4-2)34-59-62(55,56)58-28-27-47-41(50)32-48-44(53)37-29-35-30-38(46)39(49)31-40(35)61-45(37)54/h29-31,36,49H,3-28,32-34H2,1-2H3,(H,47,50)(H,48,53)(H,55,56)/p-2. The number of rotatable bonds is 37. The van der Waals surface area contributed by atoms with Gasteiger partial charge >= 0.3 is 17.6 Å². The third-order valence-corrected chi connectivity index (χ3v) is 11.5. The molecule has 0 aliphatic carbocycles. The molecule has 0 saturated heterocycles. The molecule has 2 N–H and O–H groups in total. The molecule has 0 bridgehead atoms. The van der Waals surface area contributed by atoms with E-state index in [1.807, 2.05) is 0 Å². The van der Waals surface area contributed by atoms with E-state index >= 15 is 0 Å². The van der Waals surface area contributed by atoms with Gasteiger partial charge in [-0.15, -0.1) is 0 Å². The lowest BCUT2D eigenvalue weighted by molar-refractivity contribution is -0.268. The Balaban J connectivity index is 1.76. The van der Waals surface area contributed by atoms with Crippen LogP contribution in [0.2, 0.25) is 5.02 Å². The number of ether oxygens (including phenoxy) is 2. The van der Waals surface area contributed by atoms with Crippen molar-refractivity contribution in [3.05, 3.63) is 39.2 Å². The number of fused-ring (bicyclic) bond motifs is 1. The molecule has 0 fully saturated rings. The number of unbranched alkanes of at least 4 members (excludes halogenated alkanes) is 20. The van der Waals surface area contributed by atoms with Gasteiger partial charge in [-0.3, -0.25) is 23.7 Å². The highest BCUT2D eigenvalue weighted by molar-refractivity contribution is 7.45. The van der Waals surface area contributed by atoms with Crippen LogP contribution < -0.4 is 26.3 Å². The predicted molar refractivity (Wildman–Crippen MR) is 235 cm³/mol. The summed E-state index contributed by atoms with van der Waals surface area (Å²) in [7, 11) is -4.97. The minimum absolute atomic E-state index is 0.0573. The van der Waals surface area contributed by atoms with E-state index in [4.69, 9.17) is 34.5 Å². The number of carbonyl (C=O) groups excluding carboxylic acids is 4. The second kappa shape index (κ2) is 33.1. The normalized spacial score (nSPS) is 12.8. The summed E-state index contributed by atoms with van der Waals surface area (Å²) >= 11 is 5.83. The number of carbonyl (C=O) groups is 4. The van der Waals surface area contributed by atoms with Crippen molar-refractivity contribution >= 4 is 54.1 Å². The van der Waals surface area contributed by atoms with Crippen LogP contribution in [0.3, 0.4) is 0 Å². The second-order valence-electron chi connectivity index (χ2n) is 15.7. The molecule has 1 heterocycles. The summed E-state index contributed by atoms with van der Waals surface area (Å²) in [5, 5.41) is 16.4. The number of phosphoric acid groups is 1. The molecule has 17 heteroatoms. The van der Waals surface area contributed by atoms with Crippen LogP contribution in [0, 0.1) is 0 Å². The van der Waals surface area contributed by atoms with Gasteiger partial charge in [-0.1, -0.05) is 160 Å². The average molecular weight is 913 g/mol. The van der Waals surface area contributed by atoms with Gasteiger partial charge in [-0.05, 0) is 31.0 Å². The molecule has 352 valence electrons. The van der Waals surface area contributed by atoms with E-state index in [-0.39, 0.29) is 35.4 Å². The first kappa shape index (κ1) is 54.6. The van der Waals surface area contributed by atoms with Crippen LogP contribution in [0.1, 0.15) is 178 Å². The molecule has 0 aliphatic heterocycles. The van der Waals surface area contributed by atoms with Gasteiger partial charge in [0.05, 0.1) is 19.8 Å². The van der Waals surface area contributed by atoms with Crippen molar-refractivity contribution in [1.82, 2.24) is 10.6 Å². The first-order valence-electron chi connectivity index (χ1n) is 22.8. The monoisotopic (exact) mass is 912 g/mol. The Bertz CT molecular complexity index is 1720. The van der Waals surface area contributed by atoms with E-state index in [1.165, 1.54) is 102 Å². The number of phosphoric ester groups is 1. The number of nitrogens with one attached hydrogen (secondary N) is 2. The maximum atomic E-state index is 12.7. The number of esters is 2. The SMILES string of the molecule is CCCCCCCCCCCCCC(=O)OCC(COP(=O)([O-])OCCNC(=O)CNC(=O)c1cc2cc(Cl)c([O-])cc2oc1=O)OC(=O)CCCCCCCCCCCCC. The number of benzene rings is 1. The molecular weight excluding hydrogens is 843 g/mol. The largest absolute Gasteiger partial charge is 0.871 e. The number of hydrogen-bond donors (Lipinski definition) is 2. The molecule has 15 nitrogen and oxygen atoms in total. The van der Waals surface area contributed by atoms with E-state index in [0.29, 0.717) is 12.8 Å². The van der Waals surface area contributed by atoms with Gasteiger partial charge in [-0.2, -0.15) is 0 Å². The van der Waals surface area contributed by atoms with Crippen LogP contribution >= 0.6 is 19.4 Å². The van der Waals surface area contributed by atoms with Gasteiger partial charge in [0.15, 0.2) is 6.10 Å². The average Bonchev–Trinajstić information content (AvgIpc) is 3.24. The van der Waals surface area contributed by atoms with Crippen LogP contribution in [0.4, 0.5) is 0 Å². The highest BCUT2D eigenvalue weighted by Gasteiger charge is 2.21. The van der Waals surface area contributed by atoms with Crippen LogP contribution in [-0.2, 0) is 37.5 Å². The van der Waals surface area contributed by atoms with Gasteiger partial charge in [0.2, 0.25) is 5.91 Å². The number of amides is 2. The Labute approximate surface area is 372 Å². The van der Waals surface area contributed by atoms with Crippen molar-refractivity contribution in [2.24, 2.45) is 0 Å². The fourth-order valence-corrected chi connectivity index (χ4v) is 7.55. The van der Waals surface area contributed by atoms with E-state index in [2.05, 4.69) is 24.5 Å². The molecule has 0 saturated carbocycles. The number of hydrogen-bond acceptors (Lipinski definition) is 13. The van der Waals surface area contributed by atoms with Crippen molar-refractivity contribution in [2.75, 3.05) is 32.9 Å². The predicted octanol–water partition coefficient (Wildman–Crippen LogP) is 8.72. The molecule has 1 aromatic heterocycles. The van der Waals surface area contributed by atoms with Gasteiger partial charge in [0.1, 0.15) is 17.8 Å². The first-order valence-corrected chi connectivity index (χ1v) is 24.6. The maximum Gasteiger partial charge on any atom is 0.349 e. The lowest BCUT2D eigenvalue weighted by atomic mass is 10.1. The van der Waals surface area contributed by atoms with Crippen LogP contribution in [0.25, 0.3) is 11.0 Å². The Morgan fingerprint density at radius 3 is 1.77 bits per heavy atom. The van der Waals surface area contributed by atoms with Gasteiger partial charge in [0, 0.05) is 29.8 Å². The Hall–Kier alpha value is -3.49. The summed E-state index contributed by atoms with van der Waals surface area (Å²) in [6.45, 7) is 1.96. The molecule has 2 amide bonds. The van der Waals surface area contributed by atoms with Gasteiger partial charge in [-0.25, -0.2) is 4.79 Å². The molecule has 1 aromatic carbocycles. The van der Waals surface area contributed by atoms with Crippen molar-refractivity contribution in [1.29, 1.82) is 0 Å². The zero-order chi connectivity index (χ0) is 45.4. The fraction of sp³-hybridized carbons (Fsp3) is 0.711. The van der Waals surface area contributed by atoms with E-state index in [0.717, 1.165) is 44.6 Å². The zero-order valence-corrected chi connectivity index (χ0v) is 38.6. The van der Waals surface area contributed by atoms with E-state index in [1.54, 1.807) is 0 Å². The molecule has 2 aromatic rings. The Morgan fingerprint density at radius 2 is 1.23 bits per heavy atom. The summed E-state index contributed by atoms with van der Waals surface area (Å²) in [4.78, 5) is 74.9. The topological polar surface area (TPSA) is 223 Å². The molecule has 2 rings (SSSR count). The summed E-state index contributed by atoms with van der Waals surface area (Å²) in [6, 6.07) is 3.44. The third kappa shape index (κ3) is 25.6. The summed E-state index contributed by atoms with van der Waals surface area (Å²) < 4.78 is 38.2. The quantitative estimate of drug-likeness (QED) is 0.0280. The lowest BCUT2D eigenvalue weighted by Crippen LogP contribution is -2.39. The Kier molecular flexibility index (Phi) is 29.2. The molecular formula is C45H70ClN2O13P-2. The maximum absolute atomic E-state index is 12.7. The minimum Gasteiger partial charge on any atom is -0.871 e. The van der Waals surface area contributed by atoms with Crippen LogP contribution in [0.15, 0.2) is 27.4 Å². The van der Waals surface area contributed by atoms with E-state index < -0.39 is 81.0 Å². The molecule has 0 aliphatic rings. The Morgan fingerprint density at radius 1 is 0.710 bits per heavy atom. The summed E-state index contributed by atoms with van der Waals surface area (Å²) in [5.41, 5.74) is -1.51. The van der Waals surface area contributed by atoms with Crippen LogP contribution in [-0.4, -0.2) is 62.8 Å². The molecule has 0 spiro atoms. The van der Waals surface area contributed by atoms with Crippen molar-refractivity contribution in [2.45, 2.75) is 174 Å². The molecule has 62 heavy (non-hydrogen) atoms. The molecule has 0 radical (unpaired) electrons. The smallest absolute Gasteiger partial charge is 0.349 e. The van der Waals surface area contributed by atoms with Gasteiger partial charge in [0.25, 0.3) is 13.7 Å².